The fourth-order valence-electron chi connectivity index (χ4n) is 1.77. The van der Waals surface area contributed by atoms with Gasteiger partial charge in [0.15, 0.2) is 0 Å². The monoisotopic (exact) mass is 402 g/mol. The summed E-state index contributed by atoms with van der Waals surface area (Å²) in [6, 6.07) is 4.89. The van der Waals surface area contributed by atoms with Crippen molar-refractivity contribution in [3.63, 3.8) is 0 Å². The van der Waals surface area contributed by atoms with Crippen molar-refractivity contribution in [1.29, 1.82) is 0 Å². The van der Waals surface area contributed by atoms with Crippen LogP contribution in [0.15, 0.2) is 18.2 Å². The number of hydrogen-bond acceptors (Lipinski definition) is 5. The van der Waals surface area contributed by atoms with E-state index in [2.05, 4.69) is 9.84 Å². The molecule has 0 amide bonds. The van der Waals surface area contributed by atoms with Gasteiger partial charge in [-0.25, -0.2) is 9.59 Å². The molecule has 0 atom stereocenters. The van der Waals surface area contributed by atoms with Gasteiger partial charge in [-0.3, -0.25) is 0 Å². The Morgan fingerprint density at radius 2 is 1.95 bits per heavy atom. The second kappa shape index (κ2) is 5.63. The molecule has 6 nitrogen and oxygen atoms in total. The summed E-state index contributed by atoms with van der Waals surface area (Å²) in [5, 5.41) is 4.88. The number of hydrogen-bond donors (Lipinski definition) is 0. The molecular formula is C14H15IN2O4. The first-order valence-corrected chi connectivity index (χ1v) is 7.31. The van der Waals surface area contributed by atoms with E-state index >= 15 is 0 Å². The lowest BCUT2D eigenvalue weighted by Gasteiger charge is -2.19. The van der Waals surface area contributed by atoms with Crippen LogP contribution in [-0.2, 0) is 9.47 Å². The molecule has 0 aliphatic rings. The predicted octanol–water partition coefficient (Wildman–Crippen LogP) is 3.21. The highest BCUT2D eigenvalue weighted by atomic mass is 127. The van der Waals surface area contributed by atoms with Gasteiger partial charge < -0.3 is 9.47 Å². The van der Waals surface area contributed by atoms with Crippen LogP contribution in [0.1, 0.15) is 31.1 Å². The molecule has 2 aromatic rings. The molecule has 112 valence electrons. The summed E-state index contributed by atoms with van der Waals surface area (Å²) in [6.07, 6.45) is -0.554. The fourth-order valence-corrected chi connectivity index (χ4v) is 2.42. The first-order chi connectivity index (χ1) is 9.73. The van der Waals surface area contributed by atoms with Crippen LogP contribution >= 0.6 is 22.6 Å². The van der Waals surface area contributed by atoms with Crippen LogP contribution in [0.2, 0.25) is 0 Å². The number of methoxy groups -OCH3 is 1. The first kappa shape index (κ1) is 15.7. The zero-order valence-electron chi connectivity index (χ0n) is 12.1. The zero-order chi connectivity index (χ0) is 15.8. The summed E-state index contributed by atoms with van der Waals surface area (Å²) < 4.78 is 11.8. The third-order valence-electron chi connectivity index (χ3n) is 2.62. The zero-order valence-corrected chi connectivity index (χ0v) is 14.3. The minimum Gasteiger partial charge on any atom is -0.465 e. The van der Waals surface area contributed by atoms with E-state index in [1.807, 2.05) is 22.6 Å². The molecule has 2 rings (SSSR count). The third kappa shape index (κ3) is 3.34. The van der Waals surface area contributed by atoms with E-state index in [0.717, 1.165) is 0 Å². The van der Waals surface area contributed by atoms with E-state index in [0.29, 0.717) is 20.2 Å². The molecule has 0 saturated heterocycles. The quantitative estimate of drug-likeness (QED) is 0.541. The van der Waals surface area contributed by atoms with Crippen LogP contribution in [-0.4, -0.2) is 34.6 Å². The molecule has 0 bridgehead atoms. The van der Waals surface area contributed by atoms with Crippen molar-refractivity contribution in [2.75, 3.05) is 7.11 Å². The number of ether oxygens (including phenoxy) is 2. The van der Waals surface area contributed by atoms with E-state index < -0.39 is 17.7 Å². The number of benzene rings is 1. The van der Waals surface area contributed by atoms with Gasteiger partial charge in [0.1, 0.15) is 9.30 Å². The van der Waals surface area contributed by atoms with Crippen molar-refractivity contribution in [3.8, 4) is 0 Å². The summed E-state index contributed by atoms with van der Waals surface area (Å²) in [4.78, 5) is 23.7. The molecule has 1 aromatic heterocycles. The summed E-state index contributed by atoms with van der Waals surface area (Å²) in [5.41, 5.74) is 0.389. The number of esters is 1. The second-order valence-electron chi connectivity index (χ2n) is 5.41. The Morgan fingerprint density at radius 3 is 2.52 bits per heavy atom. The molecule has 1 heterocycles. The van der Waals surface area contributed by atoms with Crippen molar-refractivity contribution in [2.24, 2.45) is 0 Å². The number of carbonyl (C=O) groups excluding carboxylic acids is 2. The topological polar surface area (TPSA) is 70.4 Å². The SMILES string of the molecule is COC(=O)c1ccc2c(c1)c(I)nn2C(=O)OC(C)(C)C. The minimum atomic E-state index is -0.604. The standard InChI is InChI=1S/C14H15IN2O4/c1-14(2,3)21-13(19)17-10-6-5-8(12(18)20-4)7-9(10)11(15)16-17/h5-7H,1-4H3. The van der Waals surface area contributed by atoms with Gasteiger partial charge in [-0.1, -0.05) is 0 Å². The average molecular weight is 402 g/mol. The molecular weight excluding hydrogens is 387 g/mol. The molecule has 0 fully saturated rings. The highest BCUT2D eigenvalue weighted by Gasteiger charge is 2.22. The summed E-state index contributed by atoms with van der Waals surface area (Å²) in [7, 11) is 1.32. The van der Waals surface area contributed by atoms with Crippen molar-refractivity contribution >= 4 is 45.6 Å². The largest absolute Gasteiger partial charge is 0.465 e. The average Bonchev–Trinajstić information content (AvgIpc) is 2.73. The maximum Gasteiger partial charge on any atom is 0.435 e. The van der Waals surface area contributed by atoms with Crippen LogP contribution in [0, 0.1) is 3.70 Å². The van der Waals surface area contributed by atoms with Crippen LogP contribution in [0.5, 0.6) is 0 Å². The Morgan fingerprint density at radius 1 is 1.29 bits per heavy atom. The van der Waals surface area contributed by atoms with E-state index in [9.17, 15) is 9.59 Å². The van der Waals surface area contributed by atoms with Crippen molar-refractivity contribution < 1.29 is 19.1 Å². The Kier molecular flexibility index (Phi) is 4.22. The highest BCUT2D eigenvalue weighted by molar-refractivity contribution is 14.1. The molecule has 0 spiro atoms. The van der Waals surface area contributed by atoms with Gasteiger partial charge in [0, 0.05) is 5.39 Å². The Hall–Kier alpha value is -1.64. The molecule has 0 aliphatic carbocycles. The minimum absolute atomic E-state index is 0.409. The van der Waals surface area contributed by atoms with E-state index in [-0.39, 0.29) is 0 Å². The van der Waals surface area contributed by atoms with E-state index in [4.69, 9.17) is 4.74 Å². The molecule has 7 heteroatoms. The third-order valence-corrected chi connectivity index (χ3v) is 3.42. The predicted molar refractivity (Wildman–Crippen MR) is 85.4 cm³/mol. The Labute approximate surface area is 135 Å². The second-order valence-corrected chi connectivity index (χ2v) is 6.43. The van der Waals surface area contributed by atoms with Crippen LogP contribution in [0.4, 0.5) is 4.79 Å². The summed E-state index contributed by atoms with van der Waals surface area (Å²) in [5.74, 6) is -0.433. The lowest BCUT2D eigenvalue weighted by atomic mass is 10.1. The summed E-state index contributed by atoms with van der Waals surface area (Å²) in [6.45, 7) is 5.37. The first-order valence-electron chi connectivity index (χ1n) is 6.23. The van der Waals surface area contributed by atoms with Gasteiger partial charge in [-0.15, -0.1) is 0 Å². The maximum absolute atomic E-state index is 12.1. The number of halogens is 1. The van der Waals surface area contributed by atoms with Gasteiger partial charge in [-0.2, -0.15) is 9.78 Å². The fraction of sp³-hybridized carbons (Fsp3) is 0.357. The number of fused-ring (bicyclic) bond motifs is 1. The molecule has 1 aromatic carbocycles. The van der Waals surface area contributed by atoms with Crippen LogP contribution < -0.4 is 0 Å². The highest BCUT2D eigenvalue weighted by Crippen LogP contribution is 2.23. The molecule has 0 radical (unpaired) electrons. The van der Waals surface area contributed by atoms with Crippen LogP contribution in [0.3, 0.4) is 0 Å². The molecule has 0 unspecified atom stereocenters. The Balaban J connectivity index is 2.49. The number of nitrogens with zero attached hydrogens (tertiary/aromatic N) is 2. The van der Waals surface area contributed by atoms with Crippen molar-refractivity contribution in [2.45, 2.75) is 26.4 Å². The van der Waals surface area contributed by atoms with E-state index in [1.54, 1.807) is 39.0 Å². The smallest absolute Gasteiger partial charge is 0.435 e. The Bertz CT molecular complexity index is 716. The summed E-state index contributed by atoms with van der Waals surface area (Å²) >= 11 is 2.01. The maximum atomic E-state index is 12.1. The van der Waals surface area contributed by atoms with E-state index in [1.165, 1.54) is 11.8 Å². The van der Waals surface area contributed by atoms with Crippen LogP contribution in [0.25, 0.3) is 10.9 Å². The van der Waals surface area contributed by atoms with Gasteiger partial charge in [-0.05, 0) is 61.6 Å². The van der Waals surface area contributed by atoms with Gasteiger partial charge in [0.05, 0.1) is 18.2 Å². The molecule has 0 N–H and O–H groups in total. The number of aromatic nitrogens is 2. The normalized spacial score (nSPS) is 11.5. The number of rotatable bonds is 1. The lowest BCUT2D eigenvalue weighted by Crippen LogP contribution is -2.27. The van der Waals surface area contributed by atoms with Gasteiger partial charge >= 0.3 is 12.1 Å². The van der Waals surface area contributed by atoms with Crippen molar-refractivity contribution in [3.05, 3.63) is 27.5 Å². The number of carbonyl (C=O) groups is 2. The lowest BCUT2D eigenvalue weighted by molar-refractivity contribution is 0.0521. The molecule has 0 aliphatic heterocycles. The van der Waals surface area contributed by atoms with Gasteiger partial charge in [0.25, 0.3) is 0 Å². The molecule has 21 heavy (non-hydrogen) atoms. The van der Waals surface area contributed by atoms with Crippen molar-refractivity contribution in [1.82, 2.24) is 9.78 Å². The molecule has 0 saturated carbocycles. The van der Waals surface area contributed by atoms with Gasteiger partial charge in [0.2, 0.25) is 0 Å².